The van der Waals surface area contributed by atoms with Crippen LogP contribution in [-0.4, -0.2) is 34.6 Å². The van der Waals surface area contributed by atoms with E-state index in [0.717, 1.165) is 36.8 Å². The van der Waals surface area contributed by atoms with Crippen molar-refractivity contribution in [3.63, 3.8) is 0 Å². The number of aliphatic carboxylic acids is 1. The Balaban J connectivity index is 1.95. The van der Waals surface area contributed by atoms with Gasteiger partial charge in [-0.3, -0.25) is 4.79 Å². The zero-order valence-corrected chi connectivity index (χ0v) is 12.3. The molecule has 0 aliphatic heterocycles. The lowest BCUT2D eigenvalue weighted by atomic mass is 10.1. The average molecular weight is 290 g/mol. The third-order valence-electron chi connectivity index (χ3n) is 3.86. The number of hydrogen-bond donors (Lipinski definition) is 2. The van der Waals surface area contributed by atoms with E-state index in [2.05, 4.69) is 5.32 Å². The summed E-state index contributed by atoms with van der Waals surface area (Å²) in [4.78, 5) is 24.7. The van der Waals surface area contributed by atoms with Crippen molar-refractivity contribution in [3.05, 3.63) is 35.4 Å². The van der Waals surface area contributed by atoms with Crippen molar-refractivity contribution in [2.75, 3.05) is 6.54 Å². The topological polar surface area (TPSA) is 69.6 Å². The van der Waals surface area contributed by atoms with Gasteiger partial charge in [0.15, 0.2) is 0 Å². The van der Waals surface area contributed by atoms with Crippen molar-refractivity contribution in [3.8, 4) is 0 Å². The fraction of sp³-hybridized carbons (Fsp3) is 0.500. The molecule has 0 radical (unpaired) electrons. The van der Waals surface area contributed by atoms with Crippen LogP contribution in [0.4, 0.5) is 4.79 Å². The molecule has 0 spiro atoms. The normalized spacial score (nSPS) is 14.9. The van der Waals surface area contributed by atoms with E-state index in [1.54, 1.807) is 0 Å². The lowest BCUT2D eigenvalue weighted by molar-refractivity contribution is -0.138. The Morgan fingerprint density at radius 2 is 2.05 bits per heavy atom. The Hall–Kier alpha value is -2.04. The summed E-state index contributed by atoms with van der Waals surface area (Å²) < 4.78 is 0. The highest BCUT2D eigenvalue weighted by molar-refractivity contribution is 5.80. The van der Waals surface area contributed by atoms with Gasteiger partial charge in [0.05, 0.1) is 0 Å². The van der Waals surface area contributed by atoms with E-state index in [4.69, 9.17) is 5.11 Å². The smallest absolute Gasteiger partial charge is 0.323 e. The second-order valence-corrected chi connectivity index (χ2v) is 5.61. The molecule has 2 N–H and O–H groups in total. The Bertz CT molecular complexity index is 510. The quantitative estimate of drug-likeness (QED) is 0.875. The van der Waals surface area contributed by atoms with E-state index in [0.29, 0.717) is 6.54 Å². The number of carbonyl (C=O) groups excluding carboxylic acids is 1. The van der Waals surface area contributed by atoms with Crippen molar-refractivity contribution in [2.45, 2.75) is 45.2 Å². The zero-order chi connectivity index (χ0) is 15.2. The zero-order valence-electron chi connectivity index (χ0n) is 12.3. The molecule has 2 amide bonds. The molecule has 5 nitrogen and oxygen atoms in total. The Morgan fingerprint density at radius 3 is 2.67 bits per heavy atom. The third kappa shape index (κ3) is 4.48. The maximum absolute atomic E-state index is 12.3. The number of nitrogens with one attached hydrogen (secondary N) is 1. The van der Waals surface area contributed by atoms with E-state index < -0.39 is 5.97 Å². The predicted octanol–water partition coefficient (Wildman–Crippen LogP) is 2.53. The van der Waals surface area contributed by atoms with Gasteiger partial charge in [-0.1, -0.05) is 42.7 Å². The van der Waals surface area contributed by atoms with Crippen LogP contribution in [0.2, 0.25) is 0 Å². The monoisotopic (exact) mass is 290 g/mol. The molecule has 0 atom stereocenters. The molecule has 0 unspecified atom stereocenters. The fourth-order valence-electron chi connectivity index (χ4n) is 2.83. The maximum Gasteiger partial charge on any atom is 0.323 e. The van der Waals surface area contributed by atoms with Gasteiger partial charge in [-0.25, -0.2) is 4.79 Å². The van der Waals surface area contributed by atoms with Crippen molar-refractivity contribution in [1.82, 2.24) is 10.2 Å². The van der Waals surface area contributed by atoms with Crippen LogP contribution in [0.1, 0.15) is 36.8 Å². The van der Waals surface area contributed by atoms with Gasteiger partial charge in [-0.05, 0) is 25.3 Å². The van der Waals surface area contributed by atoms with Crippen molar-refractivity contribution in [2.24, 2.45) is 0 Å². The molecule has 0 aromatic heterocycles. The molecule has 2 rings (SSSR count). The van der Waals surface area contributed by atoms with Gasteiger partial charge in [0.1, 0.15) is 6.54 Å². The van der Waals surface area contributed by atoms with E-state index in [1.165, 1.54) is 4.90 Å². The highest BCUT2D eigenvalue weighted by Gasteiger charge is 2.28. The summed E-state index contributed by atoms with van der Waals surface area (Å²) in [6, 6.07) is 7.68. The number of rotatable bonds is 5. The summed E-state index contributed by atoms with van der Waals surface area (Å²) in [5.41, 5.74) is 2.16. The van der Waals surface area contributed by atoms with E-state index >= 15 is 0 Å². The van der Waals surface area contributed by atoms with Crippen LogP contribution in [-0.2, 0) is 11.3 Å². The molecule has 0 saturated heterocycles. The minimum atomic E-state index is -0.965. The van der Waals surface area contributed by atoms with Crippen molar-refractivity contribution < 1.29 is 14.7 Å². The predicted molar refractivity (Wildman–Crippen MR) is 80.0 cm³/mol. The first kappa shape index (κ1) is 15.4. The lowest BCUT2D eigenvalue weighted by Gasteiger charge is -2.27. The second-order valence-electron chi connectivity index (χ2n) is 5.61. The highest BCUT2D eigenvalue weighted by atomic mass is 16.4. The lowest BCUT2D eigenvalue weighted by Crippen LogP contribution is -2.47. The Morgan fingerprint density at radius 1 is 1.33 bits per heavy atom. The molecule has 1 saturated carbocycles. The van der Waals surface area contributed by atoms with Crippen LogP contribution in [0.15, 0.2) is 24.3 Å². The van der Waals surface area contributed by atoms with Gasteiger partial charge in [0.25, 0.3) is 0 Å². The molecule has 5 heteroatoms. The number of benzene rings is 1. The van der Waals surface area contributed by atoms with Crippen LogP contribution in [0.5, 0.6) is 0 Å². The van der Waals surface area contributed by atoms with Gasteiger partial charge in [-0.15, -0.1) is 0 Å². The van der Waals surface area contributed by atoms with Gasteiger partial charge in [-0.2, -0.15) is 0 Å². The van der Waals surface area contributed by atoms with E-state index in [1.807, 2.05) is 31.2 Å². The molecule has 1 fully saturated rings. The number of hydrogen-bond acceptors (Lipinski definition) is 2. The molecule has 0 bridgehead atoms. The molecule has 1 aliphatic rings. The van der Waals surface area contributed by atoms with Gasteiger partial charge < -0.3 is 15.3 Å². The number of carboxylic acid groups (broad SMARTS) is 1. The van der Waals surface area contributed by atoms with Gasteiger partial charge >= 0.3 is 12.0 Å². The van der Waals surface area contributed by atoms with Crippen LogP contribution < -0.4 is 5.32 Å². The minimum absolute atomic E-state index is 0.0543. The molecular formula is C16H22N2O3. The van der Waals surface area contributed by atoms with Crippen LogP contribution in [0.25, 0.3) is 0 Å². The van der Waals surface area contributed by atoms with Gasteiger partial charge in [0.2, 0.25) is 0 Å². The highest BCUT2D eigenvalue weighted by Crippen LogP contribution is 2.23. The summed E-state index contributed by atoms with van der Waals surface area (Å²) in [6.07, 6.45) is 3.91. The molecule has 114 valence electrons. The average Bonchev–Trinajstić information content (AvgIpc) is 2.96. The standard InChI is InChI=1S/C16H22N2O3/c1-12-5-4-6-13(9-12)10-17-16(21)18(11-15(19)20)14-7-2-3-8-14/h4-6,9,14H,2-3,7-8,10-11H2,1H3,(H,17,21)(H,19,20). The van der Waals surface area contributed by atoms with Crippen LogP contribution in [0, 0.1) is 6.92 Å². The molecular weight excluding hydrogens is 268 g/mol. The summed E-state index contributed by atoms with van der Waals surface area (Å²) in [5, 5.41) is 11.8. The van der Waals surface area contributed by atoms with Crippen molar-refractivity contribution >= 4 is 12.0 Å². The maximum atomic E-state index is 12.3. The summed E-state index contributed by atoms with van der Waals surface area (Å²) in [6.45, 7) is 2.19. The Labute approximate surface area is 125 Å². The minimum Gasteiger partial charge on any atom is -0.480 e. The first-order valence-electron chi connectivity index (χ1n) is 7.38. The third-order valence-corrected chi connectivity index (χ3v) is 3.86. The number of urea groups is 1. The largest absolute Gasteiger partial charge is 0.480 e. The molecule has 21 heavy (non-hydrogen) atoms. The van der Waals surface area contributed by atoms with Gasteiger partial charge in [0, 0.05) is 12.6 Å². The molecule has 0 heterocycles. The summed E-state index contributed by atoms with van der Waals surface area (Å²) in [5.74, 6) is -0.965. The number of amides is 2. The Kier molecular flexibility index (Phi) is 5.20. The fourth-order valence-corrected chi connectivity index (χ4v) is 2.83. The number of aryl methyl sites for hydroxylation is 1. The van der Waals surface area contributed by atoms with Crippen LogP contribution in [0.3, 0.4) is 0 Å². The SMILES string of the molecule is Cc1cccc(CNC(=O)N(CC(=O)O)C2CCCC2)c1. The first-order valence-corrected chi connectivity index (χ1v) is 7.38. The molecule has 1 aliphatic carbocycles. The first-order chi connectivity index (χ1) is 10.1. The number of carboxylic acids is 1. The van der Waals surface area contributed by atoms with E-state index in [9.17, 15) is 9.59 Å². The molecule has 1 aromatic rings. The molecule has 1 aromatic carbocycles. The van der Waals surface area contributed by atoms with E-state index in [-0.39, 0.29) is 18.6 Å². The summed E-state index contributed by atoms with van der Waals surface area (Å²) >= 11 is 0. The second kappa shape index (κ2) is 7.11. The summed E-state index contributed by atoms with van der Waals surface area (Å²) in [7, 11) is 0. The van der Waals surface area contributed by atoms with Crippen molar-refractivity contribution in [1.29, 1.82) is 0 Å². The number of nitrogens with zero attached hydrogens (tertiary/aromatic N) is 1. The van der Waals surface area contributed by atoms with Crippen LogP contribution >= 0.6 is 0 Å². The number of carbonyl (C=O) groups is 2.